The molecule has 0 bridgehead atoms. The summed E-state index contributed by atoms with van der Waals surface area (Å²) in [7, 11) is 1.37. The summed E-state index contributed by atoms with van der Waals surface area (Å²) >= 11 is 0. The molecule has 0 aromatic heterocycles. The molecule has 0 fully saturated rings. The van der Waals surface area contributed by atoms with Crippen LogP contribution in [-0.4, -0.2) is 18.2 Å². The van der Waals surface area contributed by atoms with Crippen LogP contribution in [0.1, 0.15) is 32.8 Å². The number of benzene rings is 1. The number of rotatable bonds is 5. The van der Waals surface area contributed by atoms with Gasteiger partial charge in [0.15, 0.2) is 11.6 Å². The molecule has 0 aliphatic carbocycles. The standard InChI is InChI=1S/C16H19FO3/c1-5-6-9-16(11(2)3,15(18)19)12-7-8-14(20-4)13(17)10-12/h7-8,10-11H,9H2,1-4H3,(H,18,19). The van der Waals surface area contributed by atoms with Crippen LogP contribution in [0, 0.1) is 23.6 Å². The molecule has 0 spiro atoms. The number of carbonyl (C=O) groups is 1. The van der Waals surface area contributed by atoms with E-state index in [9.17, 15) is 14.3 Å². The predicted molar refractivity (Wildman–Crippen MR) is 75.2 cm³/mol. The number of aliphatic carboxylic acids is 1. The van der Waals surface area contributed by atoms with Crippen LogP contribution in [0.15, 0.2) is 18.2 Å². The van der Waals surface area contributed by atoms with E-state index in [1.54, 1.807) is 26.8 Å². The molecular weight excluding hydrogens is 259 g/mol. The van der Waals surface area contributed by atoms with Crippen molar-refractivity contribution in [1.29, 1.82) is 0 Å². The molecule has 0 heterocycles. The highest BCUT2D eigenvalue weighted by molar-refractivity contribution is 5.82. The van der Waals surface area contributed by atoms with Gasteiger partial charge in [0, 0.05) is 6.42 Å². The van der Waals surface area contributed by atoms with Gasteiger partial charge in [-0.2, -0.15) is 0 Å². The molecule has 1 rings (SSSR count). The third kappa shape index (κ3) is 2.77. The number of methoxy groups -OCH3 is 1. The highest BCUT2D eigenvalue weighted by Crippen LogP contribution is 2.37. The summed E-state index contributed by atoms with van der Waals surface area (Å²) in [4.78, 5) is 11.8. The average Bonchev–Trinajstić information content (AvgIpc) is 2.39. The Hall–Kier alpha value is -2.02. The van der Waals surface area contributed by atoms with Crippen molar-refractivity contribution in [2.24, 2.45) is 5.92 Å². The Bertz CT molecular complexity index is 555. The fraction of sp³-hybridized carbons (Fsp3) is 0.438. The minimum absolute atomic E-state index is 0.0957. The van der Waals surface area contributed by atoms with Gasteiger partial charge in [0.05, 0.1) is 7.11 Å². The van der Waals surface area contributed by atoms with Crippen LogP contribution in [0.4, 0.5) is 4.39 Å². The maximum atomic E-state index is 13.9. The second kappa shape index (κ2) is 6.42. The maximum absolute atomic E-state index is 13.9. The van der Waals surface area contributed by atoms with Crippen LogP contribution in [-0.2, 0) is 10.2 Å². The average molecular weight is 278 g/mol. The van der Waals surface area contributed by atoms with Crippen molar-refractivity contribution in [3.8, 4) is 17.6 Å². The first-order valence-electron chi connectivity index (χ1n) is 6.37. The second-order valence-corrected chi connectivity index (χ2v) is 4.88. The van der Waals surface area contributed by atoms with E-state index >= 15 is 0 Å². The van der Waals surface area contributed by atoms with E-state index in [0.29, 0.717) is 5.56 Å². The van der Waals surface area contributed by atoms with Gasteiger partial charge in [0.1, 0.15) is 5.41 Å². The molecule has 1 atom stereocenters. The summed E-state index contributed by atoms with van der Waals surface area (Å²) in [5, 5.41) is 9.67. The molecule has 1 aromatic rings. The molecule has 0 aliphatic heterocycles. The molecule has 4 heteroatoms. The molecule has 3 nitrogen and oxygen atoms in total. The Labute approximate surface area is 118 Å². The van der Waals surface area contributed by atoms with Crippen LogP contribution in [0.5, 0.6) is 5.75 Å². The van der Waals surface area contributed by atoms with E-state index in [-0.39, 0.29) is 18.1 Å². The molecule has 0 aliphatic rings. The lowest BCUT2D eigenvalue weighted by Gasteiger charge is -2.32. The largest absolute Gasteiger partial charge is 0.494 e. The molecule has 20 heavy (non-hydrogen) atoms. The van der Waals surface area contributed by atoms with Gasteiger partial charge in [-0.15, -0.1) is 11.8 Å². The SMILES string of the molecule is CC#CCC(C(=O)O)(c1ccc(OC)c(F)c1)C(C)C. The van der Waals surface area contributed by atoms with Crippen molar-refractivity contribution in [2.45, 2.75) is 32.6 Å². The Morgan fingerprint density at radius 1 is 1.50 bits per heavy atom. The Morgan fingerprint density at radius 2 is 2.15 bits per heavy atom. The molecule has 1 aromatic carbocycles. The lowest BCUT2D eigenvalue weighted by Crippen LogP contribution is -2.40. The summed E-state index contributed by atoms with van der Waals surface area (Å²) in [6, 6.07) is 4.27. The summed E-state index contributed by atoms with van der Waals surface area (Å²) in [5.74, 6) is 3.82. The number of ether oxygens (including phenoxy) is 1. The van der Waals surface area contributed by atoms with Gasteiger partial charge in [-0.25, -0.2) is 4.39 Å². The zero-order chi connectivity index (χ0) is 15.3. The number of halogens is 1. The van der Waals surface area contributed by atoms with E-state index in [1.165, 1.54) is 19.2 Å². The molecule has 0 amide bonds. The van der Waals surface area contributed by atoms with Crippen molar-refractivity contribution in [3.05, 3.63) is 29.6 Å². The third-order valence-electron chi connectivity index (χ3n) is 3.58. The Morgan fingerprint density at radius 3 is 2.55 bits per heavy atom. The molecule has 0 radical (unpaired) electrons. The fourth-order valence-electron chi connectivity index (χ4n) is 2.26. The molecule has 0 saturated heterocycles. The van der Waals surface area contributed by atoms with E-state index in [1.807, 2.05) is 0 Å². The highest BCUT2D eigenvalue weighted by atomic mass is 19.1. The first-order valence-corrected chi connectivity index (χ1v) is 6.37. The van der Waals surface area contributed by atoms with Gasteiger partial charge in [-0.1, -0.05) is 19.9 Å². The van der Waals surface area contributed by atoms with Gasteiger partial charge < -0.3 is 9.84 Å². The lowest BCUT2D eigenvalue weighted by atomic mass is 9.69. The zero-order valence-electron chi connectivity index (χ0n) is 12.2. The minimum atomic E-state index is -1.23. The summed E-state index contributed by atoms with van der Waals surface area (Å²) in [6.45, 7) is 5.25. The fourth-order valence-corrected chi connectivity index (χ4v) is 2.26. The summed E-state index contributed by atoms with van der Waals surface area (Å²) in [6.07, 6.45) is 0.141. The van der Waals surface area contributed by atoms with Crippen molar-refractivity contribution in [3.63, 3.8) is 0 Å². The Balaban J connectivity index is 3.45. The van der Waals surface area contributed by atoms with Crippen LogP contribution in [0.25, 0.3) is 0 Å². The predicted octanol–water partition coefficient (Wildman–Crippen LogP) is 3.23. The van der Waals surface area contributed by atoms with Crippen LogP contribution < -0.4 is 4.74 Å². The normalized spacial score (nSPS) is 13.3. The van der Waals surface area contributed by atoms with Gasteiger partial charge in [0.25, 0.3) is 0 Å². The van der Waals surface area contributed by atoms with Crippen LogP contribution in [0.3, 0.4) is 0 Å². The van der Waals surface area contributed by atoms with Crippen molar-refractivity contribution in [2.75, 3.05) is 7.11 Å². The number of carboxylic acid groups (broad SMARTS) is 1. The lowest BCUT2D eigenvalue weighted by molar-refractivity contribution is -0.145. The van der Waals surface area contributed by atoms with Gasteiger partial charge >= 0.3 is 5.97 Å². The number of hydrogen-bond acceptors (Lipinski definition) is 2. The first-order chi connectivity index (χ1) is 9.40. The molecule has 1 unspecified atom stereocenters. The molecule has 0 saturated carbocycles. The van der Waals surface area contributed by atoms with Crippen LogP contribution in [0.2, 0.25) is 0 Å². The van der Waals surface area contributed by atoms with Crippen molar-refractivity contribution in [1.82, 2.24) is 0 Å². The van der Waals surface area contributed by atoms with Crippen LogP contribution >= 0.6 is 0 Å². The summed E-state index contributed by atoms with van der Waals surface area (Å²) in [5.41, 5.74) is -0.822. The topological polar surface area (TPSA) is 46.5 Å². The van der Waals surface area contributed by atoms with E-state index in [4.69, 9.17) is 4.74 Å². The van der Waals surface area contributed by atoms with E-state index < -0.39 is 17.2 Å². The van der Waals surface area contributed by atoms with Crippen molar-refractivity contribution >= 4 is 5.97 Å². The third-order valence-corrected chi connectivity index (χ3v) is 3.58. The van der Waals surface area contributed by atoms with Gasteiger partial charge in [0.2, 0.25) is 0 Å². The highest BCUT2D eigenvalue weighted by Gasteiger charge is 2.43. The Kier molecular flexibility index (Phi) is 5.15. The molecule has 108 valence electrons. The maximum Gasteiger partial charge on any atom is 0.315 e. The van der Waals surface area contributed by atoms with E-state index in [2.05, 4.69) is 11.8 Å². The van der Waals surface area contributed by atoms with Gasteiger partial charge in [-0.05, 0) is 30.5 Å². The van der Waals surface area contributed by atoms with Crippen molar-refractivity contribution < 1.29 is 19.0 Å². The molecular formula is C16H19FO3. The van der Waals surface area contributed by atoms with Gasteiger partial charge in [-0.3, -0.25) is 4.79 Å². The van der Waals surface area contributed by atoms with E-state index in [0.717, 1.165) is 0 Å². The number of hydrogen-bond donors (Lipinski definition) is 1. The minimum Gasteiger partial charge on any atom is -0.494 e. The smallest absolute Gasteiger partial charge is 0.315 e. The first kappa shape index (κ1) is 16.0. The number of carboxylic acids is 1. The zero-order valence-corrected chi connectivity index (χ0v) is 12.2. The molecule has 1 N–H and O–H groups in total. The monoisotopic (exact) mass is 278 g/mol. The summed E-state index contributed by atoms with van der Waals surface area (Å²) < 4.78 is 18.7. The quantitative estimate of drug-likeness (QED) is 0.841. The second-order valence-electron chi connectivity index (χ2n) is 4.88.